The van der Waals surface area contributed by atoms with Crippen LogP contribution in [0.1, 0.15) is 20.8 Å². The Balaban J connectivity index is 2.41. The first-order valence-electron chi connectivity index (χ1n) is 4.72. The van der Waals surface area contributed by atoms with Crippen molar-refractivity contribution in [2.24, 2.45) is 0 Å². The smallest absolute Gasteiger partial charge is 0.0753 e. The molecule has 2 rings (SSSR count). The Hall–Kier alpha value is -0.0200. The second-order valence-corrected chi connectivity index (χ2v) is 6.26. The third-order valence-electron chi connectivity index (χ3n) is 2.23. The summed E-state index contributed by atoms with van der Waals surface area (Å²) in [5, 5.41) is 3.54. The van der Waals surface area contributed by atoms with E-state index in [4.69, 9.17) is 23.2 Å². The molecule has 0 N–H and O–H groups in total. The summed E-state index contributed by atoms with van der Waals surface area (Å²) in [4.78, 5) is 1.22. The maximum Gasteiger partial charge on any atom is 0.0753 e. The van der Waals surface area contributed by atoms with Gasteiger partial charge in [-0.25, -0.2) is 0 Å². The fraction of sp³-hybridized carbons (Fsp3) is 0.167. The van der Waals surface area contributed by atoms with Crippen molar-refractivity contribution in [3.63, 3.8) is 0 Å². The van der Waals surface area contributed by atoms with Crippen molar-refractivity contribution in [2.75, 3.05) is 0 Å². The van der Waals surface area contributed by atoms with Gasteiger partial charge in [-0.05, 0) is 41.6 Å². The first-order chi connectivity index (χ1) is 7.58. The van der Waals surface area contributed by atoms with Crippen LogP contribution in [0.5, 0.6) is 0 Å². The quantitative estimate of drug-likeness (QED) is 0.604. The molecule has 0 spiro atoms. The molecule has 0 aliphatic carbocycles. The summed E-state index contributed by atoms with van der Waals surface area (Å²) in [6.07, 6.45) is 0. The molecule has 0 saturated heterocycles. The van der Waals surface area contributed by atoms with Gasteiger partial charge in [0.15, 0.2) is 0 Å². The van der Waals surface area contributed by atoms with Gasteiger partial charge in [0.05, 0.1) is 9.85 Å². The molecule has 0 nitrogen and oxygen atoms in total. The van der Waals surface area contributed by atoms with E-state index in [1.54, 1.807) is 11.3 Å². The fourth-order valence-electron chi connectivity index (χ4n) is 1.55. The van der Waals surface area contributed by atoms with Gasteiger partial charge in [0.1, 0.15) is 0 Å². The van der Waals surface area contributed by atoms with E-state index in [1.807, 2.05) is 30.5 Å². The molecular weight excluding hydrogens is 327 g/mol. The predicted octanol–water partition coefficient (Wildman–Crippen LogP) is 5.85. The molecule has 0 aliphatic heterocycles. The maximum atomic E-state index is 6.11. The highest BCUT2D eigenvalue weighted by molar-refractivity contribution is 9.09. The summed E-state index contributed by atoms with van der Waals surface area (Å²) in [6, 6.07) is 7.93. The number of hydrogen-bond acceptors (Lipinski definition) is 1. The molecule has 0 amide bonds. The van der Waals surface area contributed by atoms with E-state index >= 15 is 0 Å². The van der Waals surface area contributed by atoms with E-state index in [1.165, 1.54) is 0 Å². The van der Waals surface area contributed by atoms with Crippen LogP contribution in [0.4, 0.5) is 0 Å². The largest absolute Gasteiger partial charge is 0.146 e. The summed E-state index contributed by atoms with van der Waals surface area (Å²) >= 11 is 17.5. The summed E-state index contributed by atoms with van der Waals surface area (Å²) < 4.78 is 0. The van der Waals surface area contributed by atoms with E-state index in [0.29, 0.717) is 0 Å². The fourth-order valence-corrected chi connectivity index (χ4v) is 3.98. The Bertz CT molecular complexity index is 487. The Morgan fingerprint density at radius 3 is 2.56 bits per heavy atom. The van der Waals surface area contributed by atoms with Crippen molar-refractivity contribution in [3.8, 4) is 0 Å². The van der Waals surface area contributed by atoms with Gasteiger partial charge in [-0.1, -0.05) is 45.2 Å². The van der Waals surface area contributed by atoms with Crippen molar-refractivity contribution < 1.29 is 0 Å². The van der Waals surface area contributed by atoms with Gasteiger partial charge in [0.2, 0.25) is 0 Å². The monoisotopic (exact) mass is 334 g/mol. The average Bonchev–Trinajstić information content (AvgIpc) is 2.62. The molecule has 1 heterocycles. The molecule has 0 bridgehead atoms. The molecule has 1 aromatic heterocycles. The molecule has 4 heteroatoms. The van der Waals surface area contributed by atoms with Gasteiger partial charge < -0.3 is 0 Å². The van der Waals surface area contributed by atoms with Gasteiger partial charge in [-0.15, -0.1) is 11.3 Å². The van der Waals surface area contributed by atoms with E-state index < -0.39 is 0 Å². The summed E-state index contributed by atoms with van der Waals surface area (Å²) in [5.41, 5.74) is 2.29. The van der Waals surface area contributed by atoms with Crippen LogP contribution in [-0.2, 0) is 0 Å². The zero-order valence-corrected chi connectivity index (χ0v) is 12.4. The summed E-state index contributed by atoms with van der Waals surface area (Å²) in [7, 11) is 0. The normalized spacial score (nSPS) is 12.8. The van der Waals surface area contributed by atoms with Crippen molar-refractivity contribution in [1.29, 1.82) is 0 Å². The minimum atomic E-state index is 0.109. The Kier molecular flexibility index (Phi) is 3.96. The van der Waals surface area contributed by atoms with Gasteiger partial charge >= 0.3 is 0 Å². The van der Waals surface area contributed by atoms with Gasteiger partial charge in [0.25, 0.3) is 0 Å². The standard InChI is InChI=1S/C12H9BrCl2S/c1-7-4-8(6-9(14)5-7)11(13)12-10(15)2-3-16-12/h2-6,11H,1H3. The molecule has 1 aromatic carbocycles. The van der Waals surface area contributed by atoms with Crippen LogP contribution in [-0.4, -0.2) is 0 Å². The topological polar surface area (TPSA) is 0 Å². The van der Waals surface area contributed by atoms with E-state index in [2.05, 4.69) is 22.0 Å². The van der Waals surface area contributed by atoms with Crippen molar-refractivity contribution in [1.82, 2.24) is 0 Å². The van der Waals surface area contributed by atoms with Crippen molar-refractivity contribution in [2.45, 2.75) is 11.8 Å². The molecule has 0 fully saturated rings. The number of benzene rings is 1. The molecule has 1 atom stereocenters. The Morgan fingerprint density at radius 2 is 2.00 bits per heavy atom. The molecule has 2 aromatic rings. The van der Waals surface area contributed by atoms with Crippen LogP contribution in [0.15, 0.2) is 29.6 Å². The molecule has 84 valence electrons. The molecule has 0 aliphatic rings. The Labute approximate surface area is 117 Å². The van der Waals surface area contributed by atoms with Crippen LogP contribution in [0, 0.1) is 6.92 Å². The van der Waals surface area contributed by atoms with E-state index in [9.17, 15) is 0 Å². The minimum absolute atomic E-state index is 0.109. The van der Waals surface area contributed by atoms with Gasteiger partial charge in [0, 0.05) is 9.90 Å². The second kappa shape index (κ2) is 5.09. The summed E-state index contributed by atoms with van der Waals surface area (Å²) in [6.45, 7) is 2.03. The summed E-state index contributed by atoms with van der Waals surface area (Å²) in [5.74, 6) is 0. The number of rotatable bonds is 2. The lowest BCUT2D eigenvalue weighted by atomic mass is 10.1. The van der Waals surface area contributed by atoms with Crippen LogP contribution in [0.3, 0.4) is 0 Å². The number of aryl methyl sites for hydroxylation is 1. The molecule has 16 heavy (non-hydrogen) atoms. The van der Waals surface area contributed by atoms with Gasteiger partial charge in [-0.2, -0.15) is 0 Å². The van der Waals surface area contributed by atoms with Crippen molar-refractivity contribution in [3.05, 3.63) is 55.7 Å². The maximum absolute atomic E-state index is 6.11. The van der Waals surface area contributed by atoms with Gasteiger partial charge in [-0.3, -0.25) is 0 Å². The zero-order valence-electron chi connectivity index (χ0n) is 8.51. The highest BCUT2D eigenvalue weighted by atomic mass is 79.9. The van der Waals surface area contributed by atoms with Crippen LogP contribution in [0.25, 0.3) is 0 Å². The number of alkyl halides is 1. The second-order valence-electron chi connectivity index (χ2n) is 3.56. The average molecular weight is 336 g/mol. The molecule has 0 saturated carbocycles. The van der Waals surface area contributed by atoms with E-state index in [-0.39, 0.29) is 4.83 Å². The van der Waals surface area contributed by atoms with Crippen LogP contribution < -0.4 is 0 Å². The third kappa shape index (κ3) is 2.62. The highest BCUT2D eigenvalue weighted by Gasteiger charge is 2.15. The van der Waals surface area contributed by atoms with E-state index in [0.717, 1.165) is 26.0 Å². The zero-order chi connectivity index (χ0) is 11.7. The first kappa shape index (κ1) is 12.4. The SMILES string of the molecule is Cc1cc(Cl)cc(C(Br)c2sccc2Cl)c1. The lowest BCUT2D eigenvalue weighted by Crippen LogP contribution is -1.91. The highest BCUT2D eigenvalue weighted by Crippen LogP contribution is 2.39. The molecule has 1 unspecified atom stereocenters. The number of hydrogen-bond donors (Lipinski definition) is 0. The van der Waals surface area contributed by atoms with Crippen LogP contribution in [0.2, 0.25) is 10.0 Å². The minimum Gasteiger partial charge on any atom is -0.146 e. The molecular formula is C12H9BrCl2S. The lowest BCUT2D eigenvalue weighted by molar-refractivity contribution is 1.21. The Morgan fingerprint density at radius 1 is 1.25 bits per heavy atom. The van der Waals surface area contributed by atoms with Crippen molar-refractivity contribution >= 4 is 50.5 Å². The number of halogens is 3. The third-order valence-corrected chi connectivity index (χ3v) is 5.16. The molecule has 0 radical (unpaired) electrons. The lowest BCUT2D eigenvalue weighted by Gasteiger charge is -2.10. The number of thiophene rings is 1. The predicted molar refractivity (Wildman–Crippen MR) is 76.3 cm³/mol. The van der Waals surface area contributed by atoms with Crippen LogP contribution >= 0.6 is 50.5 Å². The first-order valence-corrected chi connectivity index (χ1v) is 7.27.